The number of Topliss-reactive ketones (excluding diaryl/α,β-unsaturated/α-hetero) is 1. The molecule has 1 saturated heterocycles. The van der Waals surface area contributed by atoms with Gasteiger partial charge in [-0.1, -0.05) is 29.8 Å². The van der Waals surface area contributed by atoms with Gasteiger partial charge in [-0.2, -0.15) is 0 Å². The number of amides is 1. The third kappa shape index (κ3) is 3.56. The first kappa shape index (κ1) is 21.4. The Hall–Kier alpha value is -3.84. The lowest BCUT2D eigenvalue weighted by Gasteiger charge is -2.25. The highest BCUT2D eigenvalue weighted by molar-refractivity contribution is 6.51. The van der Waals surface area contributed by atoms with Crippen molar-refractivity contribution in [3.8, 4) is 11.5 Å². The van der Waals surface area contributed by atoms with Gasteiger partial charge >= 0.3 is 0 Å². The van der Waals surface area contributed by atoms with Crippen LogP contribution in [0, 0.1) is 0 Å². The van der Waals surface area contributed by atoms with E-state index in [-0.39, 0.29) is 21.9 Å². The van der Waals surface area contributed by atoms with Gasteiger partial charge in [-0.15, -0.1) is 0 Å². The third-order valence-corrected chi connectivity index (χ3v) is 5.53. The second kappa shape index (κ2) is 8.72. The smallest absolute Gasteiger partial charge is 0.300 e. The van der Waals surface area contributed by atoms with Crippen molar-refractivity contribution in [3.63, 3.8) is 0 Å². The van der Waals surface area contributed by atoms with E-state index in [2.05, 4.69) is 4.98 Å². The highest BCUT2D eigenvalue weighted by Gasteiger charge is 2.47. The molecule has 4 rings (SSSR count). The standard InChI is InChI=1S/C24H19ClN2O5/c1-31-18-13-19(32-2)17(25)12-16(18)22(28)20-21(14-8-10-26-11-9-14)27(24(30)23(20)29)15-6-4-3-5-7-15/h3-13,21,28H,1-2H3/b22-20+. The van der Waals surface area contributed by atoms with Gasteiger partial charge in [-0.3, -0.25) is 19.5 Å². The molecule has 1 aliphatic rings. The van der Waals surface area contributed by atoms with Gasteiger partial charge in [-0.05, 0) is 35.9 Å². The Labute approximate surface area is 189 Å². The van der Waals surface area contributed by atoms with Crippen LogP contribution in [0.5, 0.6) is 11.5 Å². The highest BCUT2D eigenvalue weighted by Crippen LogP contribution is 2.44. The molecule has 32 heavy (non-hydrogen) atoms. The zero-order valence-electron chi connectivity index (χ0n) is 17.3. The van der Waals surface area contributed by atoms with E-state index in [1.807, 2.05) is 6.07 Å². The van der Waals surface area contributed by atoms with E-state index in [9.17, 15) is 14.7 Å². The number of hydrogen-bond acceptors (Lipinski definition) is 6. The molecule has 2 aromatic carbocycles. The molecule has 1 aromatic heterocycles. The predicted molar refractivity (Wildman–Crippen MR) is 120 cm³/mol. The van der Waals surface area contributed by atoms with Crippen LogP contribution >= 0.6 is 11.6 Å². The highest BCUT2D eigenvalue weighted by atomic mass is 35.5. The summed E-state index contributed by atoms with van der Waals surface area (Å²) in [5.74, 6) is -1.39. The van der Waals surface area contributed by atoms with Crippen molar-refractivity contribution in [1.82, 2.24) is 4.98 Å². The summed E-state index contributed by atoms with van der Waals surface area (Å²) in [5.41, 5.74) is 1.23. The maximum absolute atomic E-state index is 13.2. The van der Waals surface area contributed by atoms with Crippen LogP contribution in [0.25, 0.3) is 5.76 Å². The van der Waals surface area contributed by atoms with E-state index in [1.54, 1.807) is 48.8 Å². The molecule has 1 aliphatic heterocycles. The van der Waals surface area contributed by atoms with Gasteiger partial charge in [0.15, 0.2) is 0 Å². The Morgan fingerprint density at radius 2 is 1.66 bits per heavy atom. The Balaban J connectivity index is 1.98. The number of aliphatic hydroxyl groups excluding tert-OH is 1. The van der Waals surface area contributed by atoms with Crippen molar-refractivity contribution in [2.24, 2.45) is 0 Å². The minimum absolute atomic E-state index is 0.0791. The number of carbonyl (C=O) groups excluding carboxylic acids is 2. The molecule has 162 valence electrons. The number of nitrogens with zero attached hydrogens (tertiary/aromatic N) is 2. The number of methoxy groups -OCH3 is 2. The van der Waals surface area contributed by atoms with Crippen LogP contribution in [0.1, 0.15) is 17.2 Å². The van der Waals surface area contributed by atoms with Crippen molar-refractivity contribution >= 4 is 34.7 Å². The second-order valence-electron chi connectivity index (χ2n) is 6.97. The SMILES string of the molecule is COc1cc(OC)c(/C(O)=C2\C(=O)C(=O)N(c3ccccc3)C2c2ccncc2)cc1Cl. The lowest BCUT2D eigenvalue weighted by Crippen LogP contribution is -2.29. The topological polar surface area (TPSA) is 89.0 Å². The number of benzene rings is 2. The Morgan fingerprint density at radius 1 is 1.00 bits per heavy atom. The molecule has 1 atom stereocenters. The first-order chi connectivity index (χ1) is 15.5. The number of pyridine rings is 1. The van der Waals surface area contributed by atoms with E-state index in [4.69, 9.17) is 21.1 Å². The number of para-hydroxylation sites is 1. The summed E-state index contributed by atoms with van der Waals surface area (Å²) in [6, 6.07) is 14.3. The molecular weight excluding hydrogens is 432 g/mol. The molecule has 3 aromatic rings. The Morgan fingerprint density at radius 3 is 2.28 bits per heavy atom. The van der Waals surface area contributed by atoms with E-state index in [0.29, 0.717) is 17.0 Å². The third-order valence-electron chi connectivity index (χ3n) is 5.23. The summed E-state index contributed by atoms with van der Waals surface area (Å²) in [6.07, 6.45) is 3.12. The number of ketones is 1. The molecular formula is C24H19ClN2O5. The van der Waals surface area contributed by atoms with Crippen LogP contribution in [0.15, 0.2) is 72.6 Å². The van der Waals surface area contributed by atoms with Crippen molar-refractivity contribution in [2.45, 2.75) is 6.04 Å². The summed E-state index contributed by atoms with van der Waals surface area (Å²) in [6.45, 7) is 0. The van der Waals surface area contributed by atoms with Crippen molar-refractivity contribution in [1.29, 1.82) is 0 Å². The quantitative estimate of drug-likeness (QED) is 0.352. The van der Waals surface area contributed by atoms with Crippen LogP contribution in [0.4, 0.5) is 5.69 Å². The molecule has 0 radical (unpaired) electrons. The summed E-state index contributed by atoms with van der Waals surface area (Å²) in [7, 11) is 2.87. The molecule has 1 N–H and O–H groups in total. The molecule has 8 heteroatoms. The fourth-order valence-corrected chi connectivity index (χ4v) is 3.98. The van der Waals surface area contributed by atoms with Crippen molar-refractivity contribution in [2.75, 3.05) is 19.1 Å². The van der Waals surface area contributed by atoms with Gasteiger partial charge in [0, 0.05) is 24.1 Å². The molecule has 0 saturated carbocycles. The number of hydrogen-bond donors (Lipinski definition) is 1. The van der Waals surface area contributed by atoms with E-state index >= 15 is 0 Å². The maximum atomic E-state index is 13.2. The van der Waals surface area contributed by atoms with Crippen LogP contribution < -0.4 is 14.4 Å². The van der Waals surface area contributed by atoms with E-state index in [1.165, 1.54) is 31.3 Å². The lowest BCUT2D eigenvalue weighted by molar-refractivity contribution is -0.132. The van der Waals surface area contributed by atoms with Crippen molar-refractivity contribution in [3.05, 3.63) is 88.7 Å². The second-order valence-corrected chi connectivity index (χ2v) is 7.38. The summed E-state index contributed by atoms with van der Waals surface area (Å²) < 4.78 is 10.6. The largest absolute Gasteiger partial charge is 0.507 e. The minimum Gasteiger partial charge on any atom is -0.507 e. The number of halogens is 1. The fourth-order valence-electron chi connectivity index (χ4n) is 3.74. The summed E-state index contributed by atoms with van der Waals surface area (Å²) in [4.78, 5) is 31.7. The maximum Gasteiger partial charge on any atom is 0.300 e. The Kier molecular flexibility index (Phi) is 5.83. The zero-order valence-corrected chi connectivity index (χ0v) is 18.0. The number of rotatable bonds is 5. The Bertz CT molecular complexity index is 1210. The lowest BCUT2D eigenvalue weighted by atomic mass is 9.95. The van der Waals surface area contributed by atoms with Crippen molar-refractivity contribution < 1.29 is 24.2 Å². The number of carbonyl (C=O) groups is 2. The van der Waals surface area contributed by atoms with Gasteiger partial charge in [0.25, 0.3) is 11.7 Å². The zero-order chi connectivity index (χ0) is 22.8. The number of aromatic nitrogens is 1. The van der Waals surface area contributed by atoms with E-state index < -0.39 is 23.5 Å². The summed E-state index contributed by atoms with van der Waals surface area (Å²) >= 11 is 6.27. The average Bonchev–Trinajstić information content (AvgIpc) is 3.10. The molecule has 0 spiro atoms. The minimum atomic E-state index is -0.869. The van der Waals surface area contributed by atoms with Gasteiger partial charge in [0.05, 0.1) is 36.4 Å². The molecule has 2 heterocycles. The molecule has 1 unspecified atom stereocenters. The molecule has 7 nitrogen and oxygen atoms in total. The number of ether oxygens (including phenoxy) is 2. The fraction of sp³-hybridized carbons (Fsp3) is 0.125. The summed E-state index contributed by atoms with van der Waals surface area (Å²) in [5, 5.41) is 11.5. The molecule has 1 amide bonds. The predicted octanol–water partition coefficient (Wildman–Crippen LogP) is 4.38. The van der Waals surface area contributed by atoms with Crippen LogP contribution in [-0.4, -0.2) is 36.0 Å². The normalized spacial score (nSPS) is 17.5. The van der Waals surface area contributed by atoms with Gasteiger partial charge in [0.1, 0.15) is 17.3 Å². The molecule has 0 aliphatic carbocycles. The number of aliphatic hydroxyl groups is 1. The van der Waals surface area contributed by atoms with Crippen LogP contribution in [-0.2, 0) is 9.59 Å². The monoisotopic (exact) mass is 450 g/mol. The van der Waals surface area contributed by atoms with Crippen LogP contribution in [0.3, 0.4) is 0 Å². The van der Waals surface area contributed by atoms with Gasteiger partial charge < -0.3 is 14.6 Å². The average molecular weight is 451 g/mol. The molecule has 0 bridgehead atoms. The number of anilines is 1. The van der Waals surface area contributed by atoms with Crippen LogP contribution in [0.2, 0.25) is 5.02 Å². The van der Waals surface area contributed by atoms with Gasteiger partial charge in [-0.25, -0.2) is 0 Å². The molecule has 1 fully saturated rings. The first-order valence-corrected chi connectivity index (χ1v) is 10.0. The van der Waals surface area contributed by atoms with E-state index in [0.717, 1.165) is 0 Å². The van der Waals surface area contributed by atoms with Gasteiger partial charge in [0.2, 0.25) is 0 Å². The first-order valence-electron chi connectivity index (χ1n) is 9.65.